The lowest BCUT2D eigenvalue weighted by Gasteiger charge is -2.31. The lowest BCUT2D eigenvalue weighted by atomic mass is 9.85. The normalized spacial score (nSPS) is 25.2. The molecule has 2 N–H and O–H groups in total. The van der Waals surface area contributed by atoms with Crippen molar-refractivity contribution in [2.75, 3.05) is 11.9 Å². The molecule has 4 unspecified atom stereocenters. The summed E-state index contributed by atoms with van der Waals surface area (Å²) in [5.74, 6) is 1.62. The van der Waals surface area contributed by atoms with Crippen molar-refractivity contribution in [2.24, 2.45) is 16.6 Å². The van der Waals surface area contributed by atoms with Crippen LogP contribution in [0.25, 0.3) is 22.7 Å². The Balaban J connectivity index is 0.000000880. The van der Waals surface area contributed by atoms with Gasteiger partial charge in [-0.3, -0.25) is 0 Å². The summed E-state index contributed by atoms with van der Waals surface area (Å²) in [4.78, 5) is 9.57. The molecule has 4 aliphatic carbocycles. The Morgan fingerprint density at radius 1 is 0.938 bits per heavy atom. The molecule has 5 nitrogen and oxygen atoms in total. The summed E-state index contributed by atoms with van der Waals surface area (Å²) in [7, 11) is 2.11. The number of aromatic nitrogens is 1. The molecule has 2 heterocycles. The second kappa shape index (κ2) is 11.9. The molecule has 5 aliphatic rings. The first kappa shape index (κ1) is 31.6. The summed E-state index contributed by atoms with van der Waals surface area (Å²) in [5.41, 5.74) is 17.3. The number of fused-ring (bicyclic) bond motifs is 6. The predicted octanol–water partition coefficient (Wildman–Crippen LogP) is 10.1. The van der Waals surface area contributed by atoms with Gasteiger partial charge in [-0.25, -0.2) is 4.99 Å². The van der Waals surface area contributed by atoms with Crippen LogP contribution in [0, 0.1) is 5.92 Å². The molecular weight excluding hydrogens is 587 g/mol. The van der Waals surface area contributed by atoms with E-state index in [2.05, 4.69) is 137 Å². The summed E-state index contributed by atoms with van der Waals surface area (Å²) in [6.45, 7) is 14.6. The molecule has 0 bridgehead atoms. The van der Waals surface area contributed by atoms with E-state index in [4.69, 9.17) is 10.7 Å². The van der Waals surface area contributed by atoms with E-state index in [-0.39, 0.29) is 11.0 Å². The van der Waals surface area contributed by atoms with Gasteiger partial charge in [0.1, 0.15) is 0 Å². The number of hydrogen-bond donors (Lipinski definition) is 1. The first-order valence-corrected chi connectivity index (χ1v) is 17.6. The number of allylic oxidation sites excluding steroid dienone is 4. The largest absolute Gasteiger partial charge is 0.394 e. The average molecular weight is 634 g/mol. The van der Waals surface area contributed by atoms with E-state index in [1.165, 1.54) is 39.3 Å². The standard InChI is InChI=1S/C39H35N5.2C2H6/c1-4-41-37(42(3)38-21-13-12-14-26(38)23-38)36(40)25(2)43-31-19-10-8-17-28(31)35-30-24-39(30)29-18-9-11-20-32(29)44(34(39)22-33(35)43)27-15-6-5-7-16-27;2*1-2/h4-22,26,30H,2,23-24,40H2,1,3H3;2*1-2H3/b37-36-,41-4-;;. The van der Waals surface area contributed by atoms with E-state index in [0.29, 0.717) is 17.5 Å². The second-order valence-corrected chi connectivity index (χ2v) is 12.8. The Kier molecular flexibility index (Phi) is 7.82. The number of rotatable bonds is 6. The van der Waals surface area contributed by atoms with Gasteiger partial charge in [-0.2, -0.15) is 0 Å². The number of nitrogens with two attached hydrogens (primary N) is 1. The Labute approximate surface area is 285 Å². The Hall–Kier alpha value is -5.03. The molecule has 48 heavy (non-hydrogen) atoms. The van der Waals surface area contributed by atoms with Crippen LogP contribution in [-0.4, -0.2) is 28.3 Å². The fourth-order valence-electron chi connectivity index (χ4n) is 8.51. The van der Waals surface area contributed by atoms with Crippen LogP contribution in [-0.2, 0) is 5.41 Å². The fraction of sp³-hybridized carbons (Fsp3) is 0.279. The monoisotopic (exact) mass is 633 g/mol. The molecule has 5 heteroatoms. The van der Waals surface area contributed by atoms with Crippen molar-refractivity contribution in [3.63, 3.8) is 0 Å². The summed E-state index contributed by atoms with van der Waals surface area (Å²) >= 11 is 0. The molecule has 0 saturated heterocycles. The first-order valence-electron chi connectivity index (χ1n) is 17.6. The van der Waals surface area contributed by atoms with Crippen molar-refractivity contribution in [3.8, 4) is 0 Å². The van der Waals surface area contributed by atoms with Gasteiger partial charge in [0.15, 0.2) is 5.82 Å². The van der Waals surface area contributed by atoms with Crippen molar-refractivity contribution in [1.82, 2.24) is 9.47 Å². The van der Waals surface area contributed by atoms with Gasteiger partial charge in [0.2, 0.25) is 0 Å². The van der Waals surface area contributed by atoms with Crippen LogP contribution in [0.4, 0.5) is 11.4 Å². The molecule has 0 amide bonds. The van der Waals surface area contributed by atoms with Gasteiger partial charge in [-0.05, 0) is 61.2 Å². The topological polar surface area (TPSA) is 49.8 Å². The molecule has 1 aliphatic heterocycles. The SMILES string of the molecule is C=C(/C(N)=C(\N=C/C)N(C)C12C=CC=CC1C2)n1c2c(c3ccccc31)C1CC13C(=C2)N(c1ccccc1)c1ccccc13.CC.CC. The highest BCUT2D eigenvalue weighted by Crippen LogP contribution is 2.74. The summed E-state index contributed by atoms with van der Waals surface area (Å²) < 4.78 is 2.29. The maximum absolute atomic E-state index is 7.12. The Morgan fingerprint density at radius 3 is 2.40 bits per heavy atom. The third-order valence-electron chi connectivity index (χ3n) is 10.8. The smallest absolute Gasteiger partial charge is 0.154 e. The lowest BCUT2D eigenvalue weighted by molar-refractivity contribution is 0.315. The first-order chi connectivity index (χ1) is 23.5. The van der Waals surface area contributed by atoms with Gasteiger partial charge < -0.3 is 20.1 Å². The van der Waals surface area contributed by atoms with Crippen LogP contribution in [0.5, 0.6) is 0 Å². The fourth-order valence-corrected chi connectivity index (χ4v) is 8.51. The molecule has 1 aromatic heterocycles. The van der Waals surface area contributed by atoms with Gasteiger partial charge in [-0.1, -0.05) is 113 Å². The maximum atomic E-state index is 7.12. The summed E-state index contributed by atoms with van der Waals surface area (Å²) in [5, 5.41) is 1.28. The lowest BCUT2D eigenvalue weighted by Crippen LogP contribution is -2.35. The number of likely N-dealkylation sites (N-methyl/N-ethyl adjacent to an activating group) is 1. The van der Waals surface area contributed by atoms with Crippen LogP contribution in [0.2, 0.25) is 0 Å². The van der Waals surface area contributed by atoms with Crippen molar-refractivity contribution in [1.29, 1.82) is 0 Å². The van der Waals surface area contributed by atoms with E-state index in [1.807, 2.05) is 40.8 Å². The number of benzene rings is 3. The zero-order valence-corrected chi connectivity index (χ0v) is 29.1. The zero-order valence-electron chi connectivity index (χ0n) is 29.1. The maximum Gasteiger partial charge on any atom is 0.154 e. The highest BCUT2D eigenvalue weighted by molar-refractivity contribution is 5.99. The minimum absolute atomic E-state index is 0.0179. The molecule has 4 atom stereocenters. The van der Waals surface area contributed by atoms with Gasteiger partial charge in [0.05, 0.1) is 33.8 Å². The Bertz CT molecular complexity index is 2060. The van der Waals surface area contributed by atoms with Crippen LogP contribution >= 0.6 is 0 Å². The van der Waals surface area contributed by atoms with E-state index in [0.717, 1.165) is 29.9 Å². The van der Waals surface area contributed by atoms with Gasteiger partial charge >= 0.3 is 0 Å². The molecule has 3 aromatic carbocycles. The number of nitrogens with zero attached hydrogens (tertiary/aromatic N) is 4. The van der Waals surface area contributed by atoms with Crippen molar-refractivity contribution < 1.29 is 0 Å². The van der Waals surface area contributed by atoms with E-state index in [9.17, 15) is 0 Å². The van der Waals surface area contributed by atoms with Crippen molar-refractivity contribution in [2.45, 2.75) is 64.3 Å². The average Bonchev–Trinajstić information content (AvgIpc) is 4.03. The van der Waals surface area contributed by atoms with Crippen molar-refractivity contribution in [3.05, 3.63) is 144 Å². The molecule has 244 valence electrons. The molecule has 1 spiro atoms. The quantitative estimate of drug-likeness (QED) is 0.170. The number of para-hydroxylation sites is 3. The minimum Gasteiger partial charge on any atom is -0.394 e. The van der Waals surface area contributed by atoms with Crippen molar-refractivity contribution >= 4 is 40.3 Å². The third-order valence-corrected chi connectivity index (χ3v) is 10.8. The molecule has 9 rings (SSSR count). The number of anilines is 2. The van der Waals surface area contributed by atoms with Crippen LogP contribution in [0.15, 0.2) is 132 Å². The van der Waals surface area contributed by atoms with E-state index in [1.54, 1.807) is 0 Å². The van der Waals surface area contributed by atoms with Crippen LogP contribution in [0.3, 0.4) is 0 Å². The van der Waals surface area contributed by atoms with Gasteiger partial charge in [0, 0.05) is 47.3 Å². The molecule has 4 aromatic rings. The van der Waals surface area contributed by atoms with E-state index < -0.39 is 0 Å². The summed E-state index contributed by atoms with van der Waals surface area (Å²) in [6, 6.07) is 28.4. The van der Waals surface area contributed by atoms with Crippen LogP contribution in [0.1, 0.15) is 70.2 Å². The number of aliphatic imine (C=N–C) groups is 1. The van der Waals surface area contributed by atoms with Gasteiger partial charge in [0.25, 0.3) is 0 Å². The molecule has 0 radical (unpaired) electrons. The molecule has 2 fully saturated rings. The second-order valence-electron chi connectivity index (χ2n) is 12.8. The highest BCUT2D eigenvalue weighted by atomic mass is 15.3. The zero-order chi connectivity index (χ0) is 33.8. The Morgan fingerprint density at radius 2 is 1.65 bits per heavy atom. The highest BCUT2D eigenvalue weighted by Gasteiger charge is 2.67. The predicted molar refractivity (Wildman–Crippen MR) is 204 cm³/mol. The van der Waals surface area contributed by atoms with Gasteiger partial charge in [-0.15, -0.1) is 0 Å². The summed E-state index contributed by atoms with van der Waals surface area (Å²) in [6.07, 6.45) is 15.3. The van der Waals surface area contributed by atoms with E-state index >= 15 is 0 Å². The molecular formula is C43H47N5. The number of hydrogen-bond acceptors (Lipinski definition) is 4. The third kappa shape index (κ3) is 4.26. The molecule has 2 saturated carbocycles. The minimum atomic E-state index is -0.0823. The van der Waals surface area contributed by atoms with Crippen LogP contribution < -0.4 is 10.6 Å².